The highest BCUT2D eigenvalue weighted by atomic mass is 28.4. The molecule has 0 aliphatic rings. The Labute approximate surface area is 84.6 Å². The summed E-state index contributed by atoms with van der Waals surface area (Å²) in [5.74, 6) is 0.575. The molecule has 1 aromatic rings. The average Bonchev–Trinajstić information content (AvgIpc) is 2.56. The highest BCUT2D eigenvalue weighted by Crippen LogP contribution is 2.13. The molecule has 0 saturated heterocycles. The first-order chi connectivity index (χ1) is 6.53. The summed E-state index contributed by atoms with van der Waals surface area (Å²) in [5.41, 5.74) is 2.72. The van der Waals surface area contributed by atoms with Gasteiger partial charge in [0.1, 0.15) is 5.76 Å². The molecule has 0 saturated carbocycles. The molecule has 4 nitrogen and oxygen atoms in total. The van der Waals surface area contributed by atoms with E-state index in [1.165, 1.54) is 6.26 Å². The summed E-state index contributed by atoms with van der Waals surface area (Å²) in [4.78, 5) is 0. The summed E-state index contributed by atoms with van der Waals surface area (Å²) in [6, 6.07) is 5.03. The molecule has 1 unspecified atom stereocenters. The zero-order chi connectivity index (χ0) is 10.6. The van der Waals surface area contributed by atoms with Crippen LogP contribution >= 0.6 is 0 Å². The Morgan fingerprint density at radius 2 is 2.29 bits per heavy atom. The summed E-state index contributed by atoms with van der Waals surface area (Å²) in [5, 5.41) is 8.86. The molecule has 5 heteroatoms. The van der Waals surface area contributed by atoms with Crippen molar-refractivity contribution in [2.24, 2.45) is 0 Å². The summed E-state index contributed by atoms with van der Waals surface area (Å²) < 4.78 is 10.5. The Hall–Kier alpha value is -1.09. The van der Waals surface area contributed by atoms with Crippen LogP contribution in [-0.2, 0) is 4.53 Å². The van der Waals surface area contributed by atoms with Gasteiger partial charge in [0.15, 0.2) is 6.04 Å². The molecular formula is C9H14N2O2Si. The van der Waals surface area contributed by atoms with Gasteiger partial charge in [0, 0.05) is 0 Å². The van der Waals surface area contributed by atoms with Crippen molar-refractivity contribution in [3.8, 4) is 6.07 Å². The van der Waals surface area contributed by atoms with Gasteiger partial charge in [-0.1, -0.05) is 0 Å². The lowest BCUT2D eigenvalue weighted by Gasteiger charge is -2.19. The third kappa shape index (κ3) is 3.34. The number of hydrogen-bond donors (Lipinski definition) is 1. The predicted molar refractivity (Wildman–Crippen MR) is 54.6 cm³/mol. The van der Waals surface area contributed by atoms with Crippen molar-refractivity contribution in [1.29, 1.82) is 5.26 Å². The van der Waals surface area contributed by atoms with E-state index in [9.17, 15) is 0 Å². The van der Waals surface area contributed by atoms with Crippen LogP contribution < -0.4 is 5.48 Å². The number of rotatable bonds is 4. The van der Waals surface area contributed by atoms with Crippen molar-refractivity contribution in [3.05, 3.63) is 24.2 Å². The molecule has 0 aliphatic heterocycles. The van der Waals surface area contributed by atoms with Crippen LogP contribution in [0.1, 0.15) is 11.8 Å². The topological polar surface area (TPSA) is 58.2 Å². The van der Waals surface area contributed by atoms with Gasteiger partial charge in [-0.3, -0.25) is 0 Å². The van der Waals surface area contributed by atoms with Crippen LogP contribution in [0.3, 0.4) is 0 Å². The minimum atomic E-state index is -1.65. The van der Waals surface area contributed by atoms with Gasteiger partial charge in [-0.05, 0) is 31.8 Å². The summed E-state index contributed by atoms with van der Waals surface area (Å²) in [6.45, 7) is 6.11. The fourth-order valence-corrected chi connectivity index (χ4v) is 1.31. The van der Waals surface area contributed by atoms with E-state index in [1.54, 1.807) is 12.1 Å². The first kappa shape index (κ1) is 11.0. The molecule has 1 rings (SSSR count). The smallest absolute Gasteiger partial charge is 0.211 e. The molecule has 0 aromatic carbocycles. The zero-order valence-electron chi connectivity index (χ0n) is 8.57. The Bertz CT molecular complexity index is 311. The van der Waals surface area contributed by atoms with E-state index in [0.29, 0.717) is 5.76 Å². The molecule has 0 radical (unpaired) electrons. The van der Waals surface area contributed by atoms with E-state index in [1.807, 2.05) is 19.6 Å². The second-order valence-corrected chi connectivity index (χ2v) is 8.34. The Morgan fingerprint density at radius 1 is 1.57 bits per heavy atom. The first-order valence-corrected chi connectivity index (χ1v) is 7.80. The SMILES string of the molecule is C[Si](C)(C)ONC(C#N)c1ccco1. The molecule has 1 atom stereocenters. The lowest BCUT2D eigenvalue weighted by molar-refractivity contribution is 0.157. The summed E-state index contributed by atoms with van der Waals surface area (Å²) >= 11 is 0. The van der Waals surface area contributed by atoms with Crippen LogP contribution in [0.25, 0.3) is 0 Å². The largest absolute Gasteiger partial charge is 0.466 e. The van der Waals surface area contributed by atoms with Crippen LogP contribution in [-0.4, -0.2) is 8.32 Å². The van der Waals surface area contributed by atoms with Gasteiger partial charge < -0.3 is 8.94 Å². The zero-order valence-corrected chi connectivity index (χ0v) is 9.57. The molecule has 0 bridgehead atoms. The predicted octanol–water partition coefficient (Wildman–Crippen LogP) is 2.20. The number of hydrogen-bond acceptors (Lipinski definition) is 4. The quantitative estimate of drug-likeness (QED) is 0.611. The van der Waals surface area contributed by atoms with Crippen molar-refractivity contribution >= 4 is 8.32 Å². The maximum atomic E-state index is 8.86. The Morgan fingerprint density at radius 3 is 2.71 bits per heavy atom. The van der Waals surface area contributed by atoms with Gasteiger partial charge in [0.2, 0.25) is 8.32 Å². The van der Waals surface area contributed by atoms with E-state index in [4.69, 9.17) is 14.2 Å². The van der Waals surface area contributed by atoms with Crippen LogP contribution in [0.4, 0.5) is 0 Å². The molecule has 1 heterocycles. The third-order valence-electron chi connectivity index (χ3n) is 1.44. The fourth-order valence-electron chi connectivity index (χ4n) is 0.839. The number of nitrogens with one attached hydrogen (secondary N) is 1. The molecule has 0 spiro atoms. The molecule has 76 valence electrons. The van der Waals surface area contributed by atoms with Crippen LogP contribution in [0.15, 0.2) is 22.8 Å². The van der Waals surface area contributed by atoms with Gasteiger partial charge in [0.25, 0.3) is 0 Å². The maximum absolute atomic E-state index is 8.86. The van der Waals surface area contributed by atoms with Gasteiger partial charge in [-0.25, -0.2) is 0 Å². The lowest BCUT2D eigenvalue weighted by Crippen LogP contribution is -2.35. The van der Waals surface area contributed by atoms with Crippen LogP contribution in [0, 0.1) is 11.3 Å². The Kier molecular flexibility index (Phi) is 3.47. The number of nitriles is 1. The highest BCUT2D eigenvalue weighted by molar-refractivity contribution is 6.69. The standard InChI is InChI=1S/C9H14N2O2Si/c1-14(2,3)13-11-8(7-10)9-5-4-6-12-9/h4-6,8,11H,1-3H3. The van der Waals surface area contributed by atoms with Crippen molar-refractivity contribution in [2.45, 2.75) is 25.7 Å². The second kappa shape index (κ2) is 4.42. The van der Waals surface area contributed by atoms with Crippen molar-refractivity contribution in [3.63, 3.8) is 0 Å². The summed E-state index contributed by atoms with van der Waals surface area (Å²) in [6.07, 6.45) is 1.54. The normalized spacial score (nSPS) is 13.6. The van der Waals surface area contributed by atoms with Gasteiger partial charge in [-0.15, -0.1) is 0 Å². The number of furan rings is 1. The second-order valence-electron chi connectivity index (χ2n) is 3.91. The molecule has 1 aromatic heterocycles. The first-order valence-electron chi connectivity index (χ1n) is 4.39. The summed E-state index contributed by atoms with van der Waals surface area (Å²) in [7, 11) is -1.65. The van der Waals surface area contributed by atoms with Crippen molar-refractivity contribution in [1.82, 2.24) is 5.48 Å². The van der Waals surface area contributed by atoms with E-state index in [0.717, 1.165) is 0 Å². The monoisotopic (exact) mass is 210 g/mol. The molecule has 0 aliphatic carbocycles. The van der Waals surface area contributed by atoms with Gasteiger partial charge in [0.05, 0.1) is 12.3 Å². The minimum Gasteiger partial charge on any atom is -0.466 e. The van der Waals surface area contributed by atoms with Crippen LogP contribution in [0.5, 0.6) is 0 Å². The van der Waals surface area contributed by atoms with Gasteiger partial charge >= 0.3 is 0 Å². The van der Waals surface area contributed by atoms with E-state index < -0.39 is 14.4 Å². The molecule has 1 N–H and O–H groups in total. The van der Waals surface area contributed by atoms with Gasteiger partial charge in [-0.2, -0.15) is 10.7 Å². The van der Waals surface area contributed by atoms with E-state index >= 15 is 0 Å². The molecule has 0 amide bonds. The van der Waals surface area contributed by atoms with Crippen LogP contribution in [0.2, 0.25) is 19.6 Å². The fraction of sp³-hybridized carbons (Fsp3) is 0.444. The van der Waals surface area contributed by atoms with Crippen molar-refractivity contribution in [2.75, 3.05) is 0 Å². The highest BCUT2D eigenvalue weighted by Gasteiger charge is 2.19. The average molecular weight is 210 g/mol. The molecule has 0 fully saturated rings. The van der Waals surface area contributed by atoms with E-state index in [-0.39, 0.29) is 0 Å². The van der Waals surface area contributed by atoms with E-state index in [2.05, 4.69) is 11.5 Å². The number of nitrogens with zero attached hydrogens (tertiary/aromatic N) is 1. The van der Waals surface area contributed by atoms with Crippen molar-refractivity contribution < 1.29 is 8.94 Å². The minimum absolute atomic E-state index is 0.531. The third-order valence-corrected chi connectivity index (χ3v) is 2.17. The molecular weight excluding hydrogens is 196 g/mol. The Balaban J connectivity index is 2.54. The lowest BCUT2D eigenvalue weighted by atomic mass is 10.3. The number of hydroxylamine groups is 1. The maximum Gasteiger partial charge on any atom is 0.211 e. The molecule has 14 heavy (non-hydrogen) atoms.